The summed E-state index contributed by atoms with van der Waals surface area (Å²) >= 11 is 5.76. The van der Waals surface area contributed by atoms with Gasteiger partial charge in [0, 0.05) is 30.2 Å². The number of amides is 1. The topological polar surface area (TPSA) is 66.5 Å². The van der Waals surface area contributed by atoms with E-state index in [1.165, 1.54) is 24.3 Å². The highest BCUT2D eigenvalue weighted by Gasteiger charge is 2.17. The Morgan fingerprint density at radius 3 is 2.44 bits per heavy atom. The second-order valence-electron chi connectivity index (χ2n) is 5.58. The lowest BCUT2D eigenvalue weighted by atomic mass is 10.2. The van der Waals surface area contributed by atoms with E-state index in [0.717, 1.165) is 11.3 Å². The van der Waals surface area contributed by atoms with Crippen molar-refractivity contribution in [2.45, 2.75) is 25.2 Å². The number of nitrogens with one attached hydrogen (secondary N) is 1. The van der Waals surface area contributed by atoms with Gasteiger partial charge in [-0.1, -0.05) is 23.7 Å². The zero-order valence-electron chi connectivity index (χ0n) is 14.2. The average molecular weight is 381 g/mol. The van der Waals surface area contributed by atoms with Crippen LogP contribution in [0.15, 0.2) is 53.4 Å². The fraction of sp³-hybridized carbons (Fsp3) is 0.278. The van der Waals surface area contributed by atoms with Gasteiger partial charge in [0.1, 0.15) is 0 Å². The first kappa shape index (κ1) is 19.4. The molecule has 7 heteroatoms. The summed E-state index contributed by atoms with van der Waals surface area (Å²) in [6.45, 7) is 4.40. The van der Waals surface area contributed by atoms with Gasteiger partial charge in [0.25, 0.3) is 0 Å². The molecule has 0 aliphatic heterocycles. The van der Waals surface area contributed by atoms with Gasteiger partial charge in [-0.2, -0.15) is 0 Å². The number of benzene rings is 2. The van der Waals surface area contributed by atoms with E-state index in [0.29, 0.717) is 11.6 Å². The smallest absolute Gasteiger partial charge is 0.240 e. The van der Waals surface area contributed by atoms with E-state index in [1.54, 1.807) is 4.90 Å². The van der Waals surface area contributed by atoms with Gasteiger partial charge >= 0.3 is 0 Å². The minimum atomic E-state index is -3.66. The minimum Gasteiger partial charge on any atom is -0.313 e. The Balaban J connectivity index is 1.98. The Morgan fingerprint density at radius 1 is 1.16 bits per heavy atom. The van der Waals surface area contributed by atoms with E-state index in [4.69, 9.17) is 11.6 Å². The minimum absolute atomic E-state index is 0.0338. The summed E-state index contributed by atoms with van der Waals surface area (Å²) in [5.74, 6) is -0.132. The van der Waals surface area contributed by atoms with Gasteiger partial charge in [-0.05, 0) is 55.8 Å². The molecule has 0 unspecified atom stereocenters. The molecule has 5 nitrogen and oxygen atoms in total. The molecule has 0 radical (unpaired) electrons. The summed E-state index contributed by atoms with van der Waals surface area (Å²) in [4.78, 5) is 14.2. The highest BCUT2D eigenvalue weighted by Crippen LogP contribution is 2.17. The van der Waals surface area contributed by atoms with Crippen molar-refractivity contribution in [3.05, 3.63) is 59.1 Å². The average Bonchev–Trinajstić information content (AvgIpc) is 2.56. The van der Waals surface area contributed by atoms with Crippen LogP contribution < -0.4 is 9.62 Å². The lowest BCUT2D eigenvalue weighted by molar-refractivity contribution is -0.118. The Hall–Kier alpha value is -1.89. The van der Waals surface area contributed by atoms with Gasteiger partial charge in [-0.25, -0.2) is 13.1 Å². The Bertz CT molecular complexity index is 836. The second kappa shape index (κ2) is 8.47. The number of nitrogens with zero attached hydrogens (tertiary/aromatic N) is 1. The number of carbonyl (C=O) groups excluding carboxylic acids is 1. The van der Waals surface area contributed by atoms with E-state index in [9.17, 15) is 13.2 Å². The third kappa shape index (κ3) is 5.29. The number of hydrogen-bond donors (Lipinski definition) is 1. The van der Waals surface area contributed by atoms with Crippen LogP contribution in [0, 0.1) is 6.92 Å². The molecule has 0 aromatic heterocycles. The maximum atomic E-state index is 12.4. The lowest BCUT2D eigenvalue weighted by Gasteiger charge is -2.21. The molecule has 0 saturated heterocycles. The molecule has 0 aliphatic rings. The Kier molecular flexibility index (Phi) is 6.58. The molecule has 0 saturated carbocycles. The van der Waals surface area contributed by atoms with Gasteiger partial charge < -0.3 is 4.90 Å². The van der Waals surface area contributed by atoms with Crippen molar-refractivity contribution in [3.8, 4) is 0 Å². The van der Waals surface area contributed by atoms with Crippen molar-refractivity contribution in [1.29, 1.82) is 0 Å². The number of aryl methyl sites for hydroxylation is 1. The number of sulfonamides is 1. The van der Waals surface area contributed by atoms with Crippen LogP contribution in [0.1, 0.15) is 18.9 Å². The molecule has 25 heavy (non-hydrogen) atoms. The summed E-state index contributed by atoms with van der Waals surface area (Å²) in [6, 6.07) is 13.5. The largest absolute Gasteiger partial charge is 0.313 e. The quantitative estimate of drug-likeness (QED) is 0.800. The number of carbonyl (C=O) groups is 1. The normalized spacial score (nSPS) is 11.3. The predicted octanol–water partition coefficient (Wildman–Crippen LogP) is 3.37. The number of anilines is 1. The molecule has 1 amide bonds. The number of halogens is 1. The summed E-state index contributed by atoms with van der Waals surface area (Å²) in [5.41, 5.74) is 1.88. The maximum absolute atomic E-state index is 12.4. The summed E-state index contributed by atoms with van der Waals surface area (Å²) in [7, 11) is -3.66. The summed E-state index contributed by atoms with van der Waals surface area (Å²) < 4.78 is 26.8. The Labute approximate surface area is 153 Å². The molecule has 134 valence electrons. The lowest BCUT2D eigenvalue weighted by Crippen LogP contribution is -2.34. The summed E-state index contributed by atoms with van der Waals surface area (Å²) in [6.07, 6.45) is 0.0780. The molecule has 0 aliphatic carbocycles. The van der Waals surface area contributed by atoms with Crippen LogP contribution in [0.3, 0.4) is 0 Å². The SMILES string of the molecule is CCN(C(=O)CCNS(=O)(=O)c1ccc(Cl)cc1)c1cccc(C)c1. The third-order valence-electron chi connectivity index (χ3n) is 3.69. The molecule has 0 bridgehead atoms. The molecule has 2 rings (SSSR count). The van der Waals surface area contributed by atoms with E-state index in [1.807, 2.05) is 38.1 Å². The molecule has 0 fully saturated rings. The highest BCUT2D eigenvalue weighted by atomic mass is 35.5. The van der Waals surface area contributed by atoms with Gasteiger partial charge in [0.2, 0.25) is 15.9 Å². The van der Waals surface area contributed by atoms with E-state index in [2.05, 4.69) is 4.72 Å². The maximum Gasteiger partial charge on any atom is 0.240 e. The van der Waals surface area contributed by atoms with E-state index >= 15 is 0 Å². The van der Waals surface area contributed by atoms with Gasteiger partial charge in [0.15, 0.2) is 0 Å². The molecular formula is C18H21ClN2O3S. The van der Waals surface area contributed by atoms with Gasteiger partial charge in [0.05, 0.1) is 4.90 Å². The summed E-state index contributed by atoms with van der Waals surface area (Å²) in [5, 5.41) is 0.464. The first-order valence-electron chi connectivity index (χ1n) is 7.96. The van der Waals surface area contributed by atoms with Gasteiger partial charge in [-0.3, -0.25) is 4.79 Å². The van der Waals surface area contributed by atoms with Crippen molar-refractivity contribution in [1.82, 2.24) is 4.72 Å². The number of rotatable bonds is 7. The molecule has 2 aromatic rings. The van der Waals surface area contributed by atoms with Crippen molar-refractivity contribution < 1.29 is 13.2 Å². The van der Waals surface area contributed by atoms with Crippen molar-refractivity contribution in [2.75, 3.05) is 18.0 Å². The molecule has 0 atom stereocenters. The van der Waals surface area contributed by atoms with E-state index in [-0.39, 0.29) is 23.8 Å². The Morgan fingerprint density at radius 2 is 1.84 bits per heavy atom. The predicted molar refractivity (Wildman–Crippen MR) is 100 cm³/mol. The molecule has 1 N–H and O–H groups in total. The van der Waals surface area contributed by atoms with Crippen LogP contribution >= 0.6 is 11.6 Å². The zero-order chi connectivity index (χ0) is 18.4. The zero-order valence-corrected chi connectivity index (χ0v) is 15.8. The van der Waals surface area contributed by atoms with Crippen LogP contribution in [0.2, 0.25) is 5.02 Å². The highest BCUT2D eigenvalue weighted by molar-refractivity contribution is 7.89. The van der Waals surface area contributed by atoms with Crippen LogP contribution in [-0.2, 0) is 14.8 Å². The van der Waals surface area contributed by atoms with Crippen LogP contribution in [-0.4, -0.2) is 27.4 Å². The standard InChI is InChI=1S/C18H21ClN2O3S/c1-3-21(16-6-4-5-14(2)13-16)18(22)11-12-20-25(23,24)17-9-7-15(19)8-10-17/h4-10,13,20H,3,11-12H2,1-2H3. The first-order valence-corrected chi connectivity index (χ1v) is 9.82. The molecular weight excluding hydrogens is 360 g/mol. The molecule has 0 spiro atoms. The fourth-order valence-electron chi connectivity index (χ4n) is 2.42. The van der Waals surface area contributed by atoms with E-state index < -0.39 is 10.0 Å². The second-order valence-corrected chi connectivity index (χ2v) is 7.78. The number of hydrogen-bond acceptors (Lipinski definition) is 3. The first-order chi connectivity index (χ1) is 11.8. The third-order valence-corrected chi connectivity index (χ3v) is 5.41. The fourth-order valence-corrected chi connectivity index (χ4v) is 3.58. The molecule has 2 aromatic carbocycles. The van der Waals surface area contributed by atoms with Crippen LogP contribution in [0.25, 0.3) is 0 Å². The molecule has 0 heterocycles. The van der Waals surface area contributed by atoms with Crippen LogP contribution in [0.5, 0.6) is 0 Å². The van der Waals surface area contributed by atoms with Crippen LogP contribution in [0.4, 0.5) is 5.69 Å². The monoisotopic (exact) mass is 380 g/mol. The van der Waals surface area contributed by atoms with Gasteiger partial charge in [-0.15, -0.1) is 0 Å². The van der Waals surface area contributed by atoms with Crippen molar-refractivity contribution in [3.63, 3.8) is 0 Å². The van der Waals surface area contributed by atoms with Crippen molar-refractivity contribution in [2.24, 2.45) is 0 Å². The van der Waals surface area contributed by atoms with Crippen molar-refractivity contribution >= 4 is 33.2 Å².